The second-order valence-corrected chi connectivity index (χ2v) is 2.34. The molecule has 1 unspecified atom stereocenters. The summed E-state index contributed by atoms with van der Waals surface area (Å²) in [5, 5.41) is 12.4. The van der Waals surface area contributed by atoms with Crippen LogP contribution in [0, 0.1) is 0 Å². The number of aliphatic carboxylic acids is 1. The van der Waals surface area contributed by atoms with Gasteiger partial charge < -0.3 is 5.11 Å². The fraction of sp³-hybridized carbons (Fsp3) is 0.500. The maximum Gasteiger partial charge on any atom is 0.314 e. The van der Waals surface area contributed by atoms with E-state index in [9.17, 15) is 4.79 Å². The maximum absolute atomic E-state index is 10.4. The molecule has 0 spiro atoms. The molecule has 0 saturated carbocycles. The Hall–Kier alpha value is -1.39. The molecule has 0 aromatic carbocycles. The van der Waals surface area contributed by atoms with E-state index in [1.54, 1.807) is 14.0 Å². The summed E-state index contributed by atoms with van der Waals surface area (Å²) >= 11 is 0. The Balaban J connectivity index is 2.84. The van der Waals surface area contributed by atoms with E-state index in [0.717, 1.165) is 0 Å². The van der Waals surface area contributed by atoms with E-state index in [1.165, 1.54) is 11.0 Å². The number of carboxylic acid groups (broad SMARTS) is 1. The predicted octanol–water partition coefficient (Wildman–Crippen LogP) is 0.00320. The average molecular weight is 155 g/mol. The number of rotatable bonds is 2. The van der Waals surface area contributed by atoms with E-state index in [4.69, 9.17) is 5.11 Å². The van der Waals surface area contributed by atoms with E-state index in [2.05, 4.69) is 10.1 Å². The highest BCUT2D eigenvalue weighted by Gasteiger charge is 2.17. The van der Waals surface area contributed by atoms with Crippen LogP contribution in [0.25, 0.3) is 0 Å². The van der Waals surface area contributed by atoms with Crippen LogP contribution in [0.3, 0.4) is 0 Å². The SMILES string of the molecule is CC(C(=O)O)c1ncn(C)n1. The normalized spacial score (nSPS) is 12.9. The molecule has 60 valence electrons. The van der Waals surface area contributed by atoms with Gasteiger partial charge in [-0.05, 0) is 6.92 Å². The minimum Gasteiger partial charge on any atom is -0.481 e. The maximum atomic E-state index is 10.4. The molecule has 1 rings (SSSR count). The second-order valence-electron chi connectivity index (χ2n) is 2.34. The summed E-state index contributed by atoms with van der Waals surface area (Å²) in [6.07, 6.45) is 1.48. The summed E-state index contributed by atoms with van der Waals surface area (Å²) in [5.74, 6) is -1.19. The van der Waals surface area contributed by atoms with E-state index in [0.29, 0.717) is 5.82 Å². The topological polar surface area (TPSA) is 68.0 Å². The largest absolute Gasteiger partial charge is 0.481 e. The van der Waals surface area contributed by atoms with E-state index >= 15 is 0 Å². The van der Waals surface area contributed by atoms with Crippen molar-refractivity contribution in [2.75, 3.05) is 0 Å². The van der Waals surface area contributed by atoms with Gasteiger partial charge in [-0.15, -0.1) is 0 Å². The molecule has 0 bridgehead atoms. The molecule has 1 aromatic rings. The van der Waals surface area contributed by atoms with Gasteiger partial charge in [-0.3, -0.25) is 9.48 Å². The first-order valence-corrected chi connectivity index (χ1v) is 3.19. The Bertz CT molecular complexity index is 269. The Morgan fingerprint density at radius 2 is 2.45 bits per heavy atom. The molecule has 5 heteroatoms. The summed E-state index contributed by atoms with van der Waals surface area (Å²) in [6, 6.07) is 0. The summed E-state index contributed by atoms with van der Waals surface area (Å²) in [7, 11) is 1.70. The number of aryl methyl sites for hydroxylation is 1. The molecule has 0 aliphatic carbocycles. The lowest BCUT2D eigenvalue weighted by Crippen LogP contribution is -2.09. The van der Waals surface area contributed by atoms with Crippen molar-refractivity contribution < 1.29 is 9.90 Å². The van der Waals surface area contributed by atoms with E-state index in [-0.39, 0.29) is 0 Å². The summed E-state index contributed by atoms with van der Waals surface area (Å²) in [5.41, 5.74) is 0. The van der Waals surface area contributed by atoms with Gasteiger partial charge in [0.15, 0.2) is 5.82 Å². The fourth-order valence-electron chi connectivity index (χ4n) is 0.665. The zero-order valence-corrected chi connectivity index (χ0v) is 6.35. The first-order valence-electron chi connectivity index (χ1n) is 3.19. The van der Waals surface area contributed by atoms with Gasteiger partial charge in [-0.1, -0.05) is 0 Å². The van der Waals surface area contributed by atoms with Crippen molar-refractivity contribution in [2.45, 2.75) is 12.8 Å². The minimum absolute atomic E-state index is 0.347. The Kier molecular flexibility index (Phi) is 1.89. The van der Waals surface area contributed by atoms with Gasteiger partial charge in [0, 0.05) is 7.05 Å². The standard InChI is InChI=1S/C6H9N3O2/c1-4(6(10)11)5-7-3-9(2)8-5/h3-4H,1-2H3,(H,10,11). The van der Waals surface area contributed by atoms with E-state index < -0.39 is 11.9 Å². The van der Waals surface area contributed by atoms with Crippen molar-refractivity contribution in [2.24, 2.45) is 7.05 Å². The fourth-order valence-corrected chi connectivity index (χ4v) is 0.665. The molecule has 0 radical (unpaired) electrons. The van der Waals surface area contributed by atoms with Gasteiger partial charge in [0.2, 0.25) is 0 Å². The number of hydrogen-bond donors (Lipinski definition) is 1. The van der Waals surface area contributed by atoms with Gasteiger partial charge in [0.25, 0.3) is 0 Å². The quantitative estimate of drug-likeness (QED) is 0.652. The van der Waals surface area contributed by atoms with Crippen LogP contribution in [-0.4, -0.2) is 25.8 Å². The Labute approximate surface area is 63.7 Å². The Morgan fingerprint density at radius 3 is 2.82 bits per heavy atom. The van der Waals surface area contributed by atoms with Crippen LogP contribution >= 0.6 is 0 Å². The van der Waals surface area contributed by atoms with Gasteiger partial charge in [-0.2, -0.15) is 5.10 Å². The number of nitrogens with zero attached hydrogens (tertiary/aromatic N) is 3. The summed E-state index contributed by atoms with van der Waals surface area (Å²) < 4.78 is 1.48. The van der Waals surface area contributed by atoms with Crippen molar-refractivity contribution in [3.63, 3.8) is 0 Å². The minimum atomic E-state index is -0.906. The molecule has 1 aromatic heterocycles. The second kappa shape index (κ2) is 2.69. The number of hydrogen-bond acceptors (Lipinski definition) is 3. The first-order chi connectivity index (χ1) is 5.11. The molecule has 1 heterocycles. The molecule has 0 saturated heterocycles. The molecule has 0 amide bonds. The molecule has 0 aliphatic heterocycles. The molecule has 5 nitrogen and oxygen atoms in total. The molecular formula is C6H9N3O2. The lowest BCUT2D eigenvalue weighted by molar-refractivity contribution is -0.138. The summed E-state index contributed by atoms with van der Waals surface area (Å²) in [4.78, 5) is 14.2. The molecule has 1 N–H and O–H groups in total. The monoisotopic (exact) mass is 155 g/mol. The van der Waals surface area contributed by atoms with Crippen LogP contribution in [0.1, 0.15) is 18.7 Å². The van der Waals surface area contributed by atoms with Gasteiger partial charge >= 0.3 is 5.97 Å². The van der Waals surface area contributed by atoms with Crippen molar-refractivity contribution in [1.29, 1.82) is 0 Å². The van der Waals surface area contributed by atoms with Gasteiger partial charge in [0.1, 0.15) is 12.2 Å². The third-order valence-electron chi connectivity index (χ3n) is 1.38. The van der Waals surface area contributed by atoms with Crippen LogP contribution in [0.2, 0.25) is 0 Å². The Morgan fingerprint density at radius 1 is 1.82 bits per heavy atom. The molecule has 1 atom stereocenters. The highest BCUT2D eigenvalue weighted by atomic mass is 16.4. The smallest absolute Gasteiger partial charge is 0.314 e. The third kappa shape index (κ3) is 1.54. The number of carboxylic acids is 1. The van der Waals surface area contributed by atoms with Crippen molar-refractivity contribution >= 4 is 5.97 Å². The lowest BCUT2D eigenvalue weighted by atomic mass is 10.2. The third-order valence-corrected chi connectivity index (χ3v) is 1.38. The zero-order chi connectivity index (χ0) is 8.43. The number of aromatic nitrogens is 3. The zero-order valence-electron chi connectivity index (χ0n) is 6.35. The van der Waals surface area contributed by atoms with Gasteiger partial charge in [0.05, 0.1) is 0 Å². The van der Waals surface area contributed by atoms with Crippen LogP contribution in [-0.2, 0) is 11.8 Å². The first kappa shape index (κ1) is 7.71. The van der Waals surface area contributed by atoms with E-state index in [1.807, 2.05) is 0 Å². The molecule has 11 heavy (non-hydrogen) atoms. The van der Waals surface area contributed by atoms with Crippen LogP contribution in [0.15, 0.2) is 6.33 Å². The van der Waals surface area contributed by atoms with Crippen LogP contribution in [0.4, 0.5) is 0 Å². The van der Waals surface area contributed by atoms with Crippen LogP contribution in [0.5, 0.6) is 0 Å². The highest BCUT2D eigenvalue weighted by molar-refractivity contribution is 5.74. The summed E-state index contributed by atoms with van der Waals surface area (Å²) in [6.45, 7) is 1.55. The molecule has 0 fully saturated rings. The predicted molar refractivity (Wildman–Crippen MR) is 37.1 cm³/mol. The highest BCUT2D eigenvalue weighted by Crippen LogP contribution is 2.07. The molecule has 0 aliphatic rings. The lowest BCUT2D eigenvalue weighted by Gasteiger charge is -1.97. The van der Waals surface area contributed by atoms with Gasteiger partial charge in [-0.25, -0.2) is 4.98 Å². The number of carbonyl (C=O) groups is 1. The van der Waals surface area contributed by atoms with Crippen LogP contribution < -0.4 is 0 Å². The average Bonchev–Trinajstić information content (AvgIpc) is 2.34. The van der Waals surface area contributed by atoms with Crippen molar-refractivity contribution in [3.05, 3.63) is 12.2 Å². The van der Waals surface area contributed by atoms with Crippen molar-refractivity contribution in [3.8, 4) is 0 Å². The molecular weight excluding hydrogens is 146 g/mol. The van der Waals surface area contributed by atoms with Crippen molar-refractivity contribution in [1.82, 2.24) is 14.8 Å².